The van der Waals surface area contributed by atoms with E-state index in [1.54, 1.807) is 0 Å². The van der Waals surface area contributed by atoms with Crippen molar-refractivity contribution in [1.29, 1.82) is 0 Å². The summed E-state index contributed by atoms with van der Waals surface area (Å²) in [6, 6.07) is 10.2. The quantitative estimate of drug-likeness (QED) is 0.853. The fraction of sp³-hybridized carbons (Fsp3) is 0.450. The molecule has 3 heterocycles. The number of piperazine rings is 2. The molecule has 1 unspecified atom stereocenters. The molecule has 1 aromatic heterocycles. The summed E-state index contributed by atoms with van der Waals surface area (Å²) in [5.41, 5.74) is 2.27. The van der Waals surface area contributed by atoms with Crippen LogP contribution in [0.25, 0.3) is 0 Å². The van der Waals surface area contributed by atoms with Crippen molar-refractivity contribution in [2.24, 2.45) is 0 Å². The van der Waals surface area contributed by atoms with Gasteiger partial charge in [0.25, 0.3) is 0 Å². The Balaban J connectivity index is 1.31. The van der Waals surface area contributed by atoms with E-state index in [0.29, 0.717) is 12.5 Å². The van der Waals surface area contributed by atoms with Crippen molar-refractivity contribution in [3.63, 3.8) is 0 Å². The second kappa shape index (κ2) is 8.02. The first-order chi connectivity index (χ1) is 13.2. The maximum absolute atomic E-state index is 12.4. The molecule has 0 aliphatic carbocycles. The van der Waals surface area contributed by atoms with Crippen LogP contribution >= 0.6 is 0 Å². The monoisotopic (exact) mass is 366 g/mol. The smallest absolute Gasteiger partial charge is 0.241 e. The van der Waals surface area contributed by atoms with Gasteiger partial charge in [-0.25, -0.2) is 9.97 Å². The fourth-order valence-corrected chi connectivity index (χ4v) is 3.73. The minimum absolute atomic E-state index is 0.00905. The van der Waals surface area contributed by atoms with E-state index in [1.807, 2.05) is 42.5 Å². The topological polar surface area (TPSA) is 64.6 Å². The lowest BCUT2D eigenvalue weighted by Gasteiger charge is -2.45. The first-order valence-corrected chi connectivity index (χ1v) is 9.49. The van der Waals surface area contributed by atoms with Crippen molar-refractivity contribution in [3.05, 3.63) is 53.9 Å². The summed E-state index contributed by atoms with van der Waals surface area (Å²) in [6.45, 7) is 5.99. The zero-order chi connectivity index (χ0) is 18.6. The Kier molecular flexibility index (Phi) is 5.31. The van der Waals surface area contributed by atoms with Crippen molar-refractivity contribution in [1.82, 2.24) is 24.7 Å². The van der Waals surface area contributed by atoms with E-state index in [2.05, 4.69) is 37.2 Å². The van der Waals surface area contributed by atoms with Gasteiger partial charge in [0.2, 0.25) is 11.9 Å². The van der Waals surface area contributed by atoms with Gasteiger partial charge in [-0.2, -0.15) is 0 Å². The first-order valence-electron chi connectivity index (χ1n) is 9.49. The van der Waals surface area contributed by atoms with Crippen molar-refractivity contribution in [3.8, 4) is 0 Å². The van der Waals surface area contributed by atoms with Crippen LogP contribution in [-0.4, -0.2) is 76.4 Å². The maximum Gasteiger partial charge on any atom is 0.241 e. The number of anilines is 1. The zero-order valence-corrected chi connectivity index (χ0v) is 15.7. The van der Waals surface area contributed by atoms with Crippen molar-refractivity contribution in [2.75, 3.05) is 45.1 Å². The summed E-state index contributed by atoms with van der Waals surface area (Å²) in [4.78, 5) is 27.8. The van der Waals surface area contributed by atoms with E-state index in [1.165, 1.54) is 5.56 Å². The van der Waals surface area contributed by atoms with E-state index < -0.39 is 0 Å². The Hall–Kier alpha value is -2.51. The highest BCUT2D eigenvalue weighted by molar-refractivity contribution is 5.82. The number of fused-ring (bicyclic) bond motifs is 1. The molecule has 0 saturated carbocycles. The number of benzene rings is 1. The second-order valence-electron chi connectivity index (χ2n) is 7.30. The van der Waals surface area contributed by atoms with Crippen LogP contribution in [0.2, 0.25) is 0 Å². The molecule has 1 N–H and O–H groups in total. The standard InChI is InChI=1S/C20H26N6O/c1-24-7-9-26-10-8-25(15-18(26)19(24)27)14-17-12-22-20(23-13-17)21-11-16-5-3-2-4-6-16/h2-6,12-13,18H,7-11,14-15H2,1H3,(H,21,22,23). The Morgan fingerprint density at radius 3 is 2.56 bits per heavy atom. The minimum atomic E-state index is -0.00905. The lowest BCUT2D eigenvalue weighted by molar-refractivity contribution is -0.143. The van der Waals surface area contributed by atoms with E-state index in [0.717, 1.165) is 44.8 Å². The highest BCUT2D eigenvalue weighted by atomic mass is 16.2. The van der Waals surface area contributed by atoms with Gasteiger partial charge < -0.3 is 10.2 Å². The number of nitrogens with one attached hydrogen (secondary N) is 1. The third-order valence-electron chi connectivity index (χ3n) is 5.36. The summed E-state index contributed by atoms with van der Waals surface area (Å²) < 4.78 is 0. The summed E-state index contributed by atoms with van der Waals surface area (Å²) in [7, 11) is 1.90. The van der Waals surface area contributed by atoms with Crippen molar-refractivity contribution < 1.29 is 4.79 Å². The number of nitrogens with zero attached hydrogens (tertiary/aromatic N) is 5. The predicted octanol–water partition coefficient (Wildman–Crippen LogP) is 1.05. The third kappa shape index (κ3) is 4.26. The molecule has 1 amide bonds. The van der Waals surface area contributed by atoms with Crippen LogP contribution in [0.1, 0.15) is 11.1 Å². The highest BCUT2D eigenvalue weighted by Gasteiger charge is 2.37. The van der Waals surface area contributed by atoms with E-state index in [4.69, 9.17) is 0 Å². The molecule has 0 spiro atoms. The molecular formula is C20H26N6O. The fourth-order valence-electron chi connectivity index (χ4n) is 3.73. The number of hydrogen-bond acceptors (Lipinski definition) is 6. The van der Waals surface area contributed by atoms with Crippen LogP contribution in [0, 0.1) is 0 Å². The maximum atomic E-state index is 12.4. The number of aromatic nitrogens is 2. The molecule has 0 bridgehead atoms. The molecule has 0 radical (unpaired) electrons. The van der Waals surface area contributed by atoms with Crippen LogP contribution in [0.5, 0.6) is 0 Å². The Morgan fingerprint density at radius 1 is 1.04 bits per heavy atom. The van der Waals surface area contributed by atoms with Gasteiger partial charge in [-0.15, -0.1) is 0 Å². The van der Waals surface area contributed by atoms with Crippen LogP contribution in [0.15, 0.2) is 42.7 Å². The molecule has 7 nitrogen and oxygen atoms in total. The van der Waals surface area contributed by atoms with Gasteiger partial charge in [0.15, 0.2) is 0 Å². The van der Waals surface area contributed by atoms with E-state index in [-0.39, 0.29) is 11.9 Å². The average Bonchev–Trinajstić information content (AvgIpc) is 2.71. The molecule has 1 aromatic carbocycles. The van der Waals surface area contributed by atoms with Gasteiger partial charge in [0, 0.05) is 70.8 Å². The normalized spacial score (nSPS) is 21.1. The summed E-state index contributed by atoms with van der Waals surface area (Å²) in [5.74, 6) is 0.874. The van der Waals surface area contributed by atoms with E-state index >= 15 is 0 Å². The first kappa shape index (κ1) is 17.9. The largest absolute Gasteiger partial charge is 0.350 e. The molecule has 1 atom stereocenters. The Morgan fingerprint density at radius 2 is 1.78 bits per heavy atom. The van der Waals surface area contributed by atoms with Crippen molar-refractivity contribution in [2.45, 2.75) is 19.1 Å². The summed E-state index contributed by atoms with van der Waals surface area (Å²) >= 11 is 0. The molecule has 7 heteroatoms. The van der Waals surface area contributed by atoms with Crippen LogP contribution in [0.4, 0.5) is 5.95 Å². The molecule has 2 aliphatic rings. The van der Waals surface area contributed by atoms with Gasteiger partial charge in [-0.05, 0) is 5.56 Å². The molecule has 142 valence electrons. The van der Waals surface area contributed by atoms with Gasteiger partial charge in [-0.3, -0.25) is 14.6 Å². The number of hydrogen-bond donors (Lipinski definition) is 1. The van der Waals surface area contributed by atoms with Crippen LogP contribution in [-0.2, 0) is 17.9 Å². The summed E-state index contributed by atoms with van der Waals surface area (Å²) in [5, 5.41) is 3.25. The number of carbonyl (C=O) groups excluding carboxylic acids is 1. The molecular weight excluding hydrogens is 340 g/mol. The number of rotatable bonds is 5. The van der Waals surface area contributed by atoms with Gasteiger partial charge in [0.1, 0.15) is 6.04 Å². The average molecular weight is 366 g/mol. The molecule has 2 saturated heterocycles. The second-order valence-corrected chi connectivity index (χ2v) is 7.30. The SMILES string of the molecule is CN1CCN2CCN(Cc3cnc(NCc4ccccc4)nc3)CC2C1=O. The van der Waals surface area contributed by atoms with E-state index in [9.17, 15) is 4.79 Å². The van der Waals surface area contributed by atoms with Crippen LogP contribution < -0.4 is 5.32 Å². The molecule has 2 aliphatic heterocycles. The van der Waals surface area contributed by atoms with Crippen molar-refractivity contribution >= 4 is 11.9 Å². The highest BCUT2D eigenvalue weighted by Crippen LogP contribution is 2.17. The molecule has 27 heavy (non-hydrogen) atoms. The zero-order valence-electron chi connectivity index (χ0n) is 15.7. The lowest BCUT2D eigenvalue weighted by Crippen LogP contribution is -2.63. The van der Waals surface area contributed by atoms with Crippen LogP contribution in [0.3, 0.4) is 0 Å². The molecule has 2 aromatic rings. The predicted molar refractivity (Wildman–Crippen MR) is 104 cm³/mol. The number of carbonyl (C=O) groups is 1. The molecule has 4 rings (SSSR count). The Labute approximate surface area is 160 Å². The number of likely N-dealkylation sites (N-methyl/N-ethyl adjacent to an activating group) is 1. The minimum Gasteiger partial charge on any atom is -0.350 e. The number of amides is 1. The Bertz CT molecular complexity index is 766. The van der Waals surface area contributed by atoms with Gasteiger partial charge >= 0.3 is 0 Å². The lowest BCUT2D eigenvalue weighted by atomic mass is 10.1. The third-order valence-corrected chi connectivity index (χ3v) is 5.36. The molecule has 2 fully saturated rings. The summed E-state index contributed by atoms with van der Waals surface area (Å²) in [6.07, 6.45) is 3.75. The van der Waals surface area contributed by atoms with Gasteiger partial charge in [0.05, 0.1) is 0 Å². The van der Waals surface area contributed by atoms with Gasteiger partial charge in [-0.1, -0.05) is 30.3 Å².